The van der Waals surface area contributed by atoms with Gasteiger partial charge in [0.05, 0.1) is 18.4 Å². The third kappa shape index (κ3) is 5.91. The number of aromatic nitrogens is 1. The molecule has 0 aliphatic heterocycles. The number of hydrogen-bond donors (Lipinski definition) is 2. The van der Waals surface area contributed by atoms with Crippen LogP contribution in [-0.2, 0) is 11.3 Å². The van der Waals surface area contributed by atoms with E-state index in [0.29, 0.717) is 50.7 Å². The lowest BCUT2D eigenvalue weighted by atomic mass is 10.2. The fourth-order valence-electron chi connectivity index (χ4n) is 3.38. The SMILES string of the molecule is Cc1occc1C(=O)Nc1cccc(-c2nc(CNC(=O)[C@@H](C)Oc3cccc(Cl)c3)c(C)o2)c1. The topological polar surface area (TPSA) is 107 Å². The van der Waals surface area contributed by atoms with Crippen LogP contribution < -0.4 is 15.4 Å². The molecule has 0 saturated heterocycles. The Bertz CT molecular complexity index is 1360. The predicted molar refractivity (Wildman–Crippen MR) is 131 cm³/mol. The second-order valence-corrected chi connectivity index (χ2v) is 8.32. The normalized spacial score (nSPS) is 11.7. The molecule has 2 heterocycles. The summed E-state index contributed by atoms with van der Waals surface area (Å²) >= 11 is 5.96. The lowest BCUT2D eigenvalue weighted by Gasteiger charge is -2.14. The van der Waals surface area contributed by atoms with E-state index in [1.54, 1.807) is 69.3 Å². The van der Waals surface area contributed by atoms with Crippen molar-refractivity contribution >= 4 is 29.1 Å². The Labute approximate surface area is 207 Å². The van der Waals surface area contributed by atoms with Crippen molar-refractivity contribution in [3.05, 3.63) is 88.7 Å². The first-order chi connectivity index (χ1) is 16.8. The van der Waals surface area contributed by atoms with E-state index in [0.717, 1.165) is 0 Å². The monoisotopic (exact) mass is 493 g/mol. The van der Waals surface area contributed by atoms with Crippen molar-refractivity contribution in [2.75, 3.05) is 5.32 Å². The van der Waals surface area contributed by atoms with Gasteiger partial charge in [-0.2, -0.15) is 0 Å². The third-order valence-electron chi connectivity index (χ3n) is 5.27. The summed E-state index contributed by atoms with van der Waals surface area (Å²) < 4.78 is 16.7. The Morgan fingerprint density at radius 3 is 2.63 bits per heavy atom. The van der Waals surface area contributed by atoms with Gasteiger partial charge in [-0.3, -0.25) is 9.59 Å². The Morgan fingerprint density at radius 1 is 1.09 bits per heavy atom. The van der Waals surface area contributed by atoms with Crippen LogP contribution in [0.25, 0.3) is 11.5 Å². The summed E-state index contributed by atoms with van der Waals surface area (Å²) in [5.41, 5.74) is 2.33. The van der Waals surface area contributed by atoms with E-state index in [-0.39, 0.29) is 18.4 Å². The highest BCUT2D eigenvalue weighted by atomic mass is 35.5. The molecule has 35 heavy (non-hydrogen) atoms. The Balaban J connectivity index is 1.39. The van der Waals surface area contributed by atoms with Crippen LogP contribution in [0.1, 0.15) is 34.5 Å². The van der Waals surface area contributed by atoms with E-state index >= 15 is 0 Å². The molecule has 2 aromatic heterocycles. The van der Waals surface area contributed by atoms with Gasteiger partial charge in [-0.05, 0) is 63.2 Å². The summed E-state index contributed by atoms with van der Waals surface area (Å²) in [6.07, 6.45) is 0.750. The van der Waals surface area contributed by atoms with E-state index in [9.17, 15) is 9.59 Å². The zero-order valence-corrected chi connectivity index (χ0v) is 20.2. The highest BCUT2D eigenvalue weighted by Crippen LogP contribution is 2.25. The van der Waals surface area contributed by atoms with Crippen molar-refractivity contribution in [2.45, 2.75) is 33.4 Å². The largest absolute Gasteiger partial charge is 0.481 e. The number of anilines is 1. The number of furan rings is 1. The summed E-state index contributed by atoms with van der Waals surface area (Å²) in [5.74, 6) is 1.44. The van der Waals surface area contributed by atoms with Gasteiger partial charge >= 0.3 is 0 Å². The van der Waals surface area contributed by atoms with E-state index in [2.05, 4.69) is 15.6 Å². The molecular formula is C26H24ClN3O5. The number of aryl methyl sites for hydroxylation is 2. The maximum absolute atomic E-state index is 12.5. The molecule has 0 unspecified atom stereocenters. The Hall–Kier alpha value is -4.04. The van der Waals surface area contributed by atoms with E-state index < -0.39 is 6.10 Å². The first-order valence-electron chi connectivity index (χ1n) is 10.9. The summed E-state index contributed by atoms with van der Waals surface area (Å²) in [6, 6.07) is 15.6. The molecule has 9 heteroatoms. The van der Waals surface area contributed by atoms with Crippen molar-refractivity contribution in [3.8, 4) is 17.2 Å². The minimum Gasteiger partial charge on any atom is -0.481 e. The quantitative estimate of drug-likeness (QED) is 0.333. The fourth-order valence-corrected chi connectivity index (χ4v) is 3.56. The predicted octanol–water partition coefficient (Wildman–Crippen LogP) is 5.54. The lowest BCUT2D eigenvalue weighted by molar-refractivity contribution is -0.127. The number of hydrogen-bond acceptors (Lipinski definition) is 6. The molecule has 0 aliphatic rings. The molecule has 2 amide bonds. The molecule has 180 valence electrons. The van der Waals surface area contributed by atoms with Crippen LogP contribution in [0, 0.1) is 13.8 Å². The molecule has 0 radical (unpaired) electrons. The molecule has 0 aliphatic carbocycles. The van der Waals surface area contributed by atoms with Crippen LogP contribution >= 0.6 is 11.6 Å². The van der Waals surface area contributed by atoms with E-state index in [4.69, 9.17) is 25.2 Å². The molecule has 0 bridgehead atoms. The fraction of sp³-hybridized carbons (Fsp3) is 0.192. The van der Waals surface area contributed by atoms with Crippen molar-refractivity contribution in [1.82, 2.24) is 10.3 Å². The maximum atomic E-state index is 12.5. The van der Waals surface area contributed by atoms with Gasteiger partial charge in [-0.25, -0.2) is 4.98 Å². The van der Waals surface area contributed by atoms with Crippen LogP contribution in [0.3, 0.4) is 0 Å². The highest BCUT2D eigenvalue weighted by Gasteiger charge is 2.18. The number of ether oxygens (including phenoxy) is 1. The number of amides is 2. The van der Waals surface area contributed by atoms with Gasteiger partial charge in [0.1, 0.15) is 23.0 Å². The number of carbonyl (C=O) groups excluding carboxylic acids is 2. The number of halogens is 1. The highest BCUT2D eigenvalue weighted by molar-refractivity contribution is 6.30. The van der Waals surface area contributed by atoms with Crippen molar-refractivity contribution < 1.29 is 23.2 Å². The zero-order valence-electron chi connectivity index (χ0n) is 19.4. The summed E-state index contributed by atoms with van der Waals surface area (Å²) in [4.78, 5) is 29.5. The average Bonchev–Trinajstić information content (AvgIpc) is 3.43. The standard InChI is InChI=1S/C26H24ClN3O5/c1-15-22(10-11-33-15)25(32)29-20-8-4-6-18(12-20)26-30-23(16(2)35-26)14-28-24(31)17(3)34-21-9-5-7-19(27)13-21/h4-13,17H,14H2,1-3H3,(H,28,31)(H,29,32)/t17-/m1/s1. The summed E-state index contributed by atoms with van der Waals surface area (Å²) in [5, 5.41) is 6.19. The number of oxazole rings is 1. The first-order valence-corrected chi connectivity index (χ1v) is 11.3. The molecule has 4 aromatic rings. The van der Waals surface area contributed by atoms with Crippen molar-refractivity contribution in [3.63, 3.8) is 0 Å². The van der Waals surface area contributed by atoms with Gasteiger partial charge in [0, 0.05) is 16.3 Å². The number of nitrogens with zero attached hydrogens (tertiary/aromatic N) is 1. The molecule has 4 rings (SSSR count). The Kier molecular flexibility index (Phi) is 7.22. The van der Waals surface area contributed by atoms with Crippen LogP contribution in [0.5, 0.6) is 5.75 Å². The summed E-state index contributed by atoms with van der Waals surface area (Å²) in [7, 11) is 0. The minimum absolute atomic E-state index is 0.174. The Morgan fingerprint density at radius 2 is 1.89 bits per heavy atom. The van der Waals surface area contributed by atoms with Gasteiger partial charge in [0.15, 0.2) is 6.10 Å². The smallest absolute Gasteiger partial charge is 0.261 e. The van der Waals surface area contributed by atoms with Gasteiger partial charge in [0.25, 0.3) is 11.8 Å². The molecule has 2 N–H and O–H groups in total. The van der Waals surface area contributed by atoms with Gasteiger partial charge in [-0.1, -0.05) is 23.7 Å². The molecule has 0 fully saturated rings. The maximum Gasteiger partial charge on any atom is 0.261 e. The minimum atomic E-state index is -0.723. The average molecular weight is 494 g/mol. The van der Waals surface area contributed by atoms with Crippen LogP contribution in [-0.4, -0.2) is 22.9 Å². The van der Waals surface area contributed by atoms with E-state index in [1.165, 1.54) is 6.26 Å². The lowest BCUT2D eigenvalue weighted by Crippen LogP contribution is -2.36. The van der Waals surface area contributed by atoms with Crippen LogP contribution in [0.4, 0.5) is 5.69 Å². The molecule has 1 atom stereocenters. The zero-order chi connectivity index (χ0) is 24.9. The van der Waals surface area contributed by atoms with Gasteiger partial charge in [0.2, 0.25) is 5.89 Å². The van der Waals surface area contributed by atoms with Crippen LogP contribution in [0.15, 0.2) is 69.7 Å². The van der Waals surface area contributed by atoms with Crippen molar-refractivity contribution in [2.24, 2.45) is 0 Å². The second-order valence-electron chi connectivity index (χ2n) is 7.88. The van der Waals surface area contributed by atoms with Crippen molar-refractivity contribution in [1.29, 1.82) is 0 Å². The first kappa shape index (κ1) is 24.1. The number of rotatable bonds is 8. The molecule has 8 nitrogen and oxygen atoms in total. The summed E-state index contributed by atoms with van der Waals surface area (Å²) in [6.45, 7) is 5.33. The van der Waals surface area contributed by atoms with Gasteiger partial charge in [-0.15, -0.1) is 0 Å². The number of carbonyl (C=O) groups is 2. The van der Waals surface area contributed by atoms with Crippen LogP contribution in [0.2, 0.25) is 5.02 Å². The van der Waals surface area contributed by atoms with Gasteiger partial charge < -0.3 is 24.2 Å². The number of nitrogens with one attached hydrogen (secondary N) is 2. The molecule has 0 spiro atoms. The molecule has 0 saturated carbocycles. The second kappa shape index (κ2) is 10.5. The molecular weight excluding hydrogens is 470 g/mol. The molecule has 2 aromatic carbocycles. The van der Waals surface area contributed by atoms with E-state index in [1.807, 2.05) is 6.07 Å². The third-order valence-corrected chi connectivity index (χ3v) is 5.51. The number of benzene rings is 2.